The minimum Gasteiger partial charge on any atom is -0.489 e. The van der Waals surface area contributed by atoms with E-state index in [-0.39, 0.29) is 24.2 Å². The van der Waals surface area contributed by atoms with E-state index in [0.29, 0.717) is 30.0 Å². The highest BCUT2D eigenvalue weighted by Crippen LogP contribution is 2.28. The van der Waals surface area contributed by atoms with Crippen LogP contribution in [0.25, 0.3) is 0 Å². The van der Waals surface area contributed by atoms with Gasteiger partial charge in [-0.1, -0.05) is 18.2 Å². The standard InChI is InChI=1S/C21H24FNO3/c1-21(2,25)17-11-12-23(13-17)20(24)15-7-9-18(10-8-15)26-14-16-5-3-4-6-19(16)22/h3-10,17,25H,11-14H2,1-2H3/t17-/m1/s1. The van der Waals surface area contributed by atoms with Crippen LogP contribution in [-0.2, 0) is 6.61 Å². The number of rotatable bonds is 5. The van der Waals surface area contributed by atoms with Gasteiger partial charge in [0.2, 0.25) is 0 Å². The molecule has 4 nitrogen and oxygen atoms in total. The molecule has 1 N–H and O–H groups in total. The van der Waals surface area contributed by atoms with Gasteiger partial charge in [-0.2, -0.15) is 0 Å². The van der Waals surface area contributed by atoms with E-state index in [4.69, 9.17) is 4.74 Å². The smallest absolute Gasteiger partial charge is 0.253 e. The Kier molecular flexibility index (Phi) is 5.28. The van der Waals surface area contributed by atoms with Crippen LogP contribution in [0.4, 0.5) is 4.39 Å². The normalized spacial score (nSPS) is 17.4. The molecule has 1 atom stereocenters. The molecule has 0 radical (unpaired) electrons. The second-order valence-corrected chi connectivity index (χ2v) is 7.29. The van der Waals surface area contributed by atoms with Gasteiger partial charge in [-0.15, -0.1) is 0 Å². The number of hydrogen-bond acceptors (Lipinski definition) is 3. The molecule has 0 aliphatic carbocycles. The summed E-state index contributed by atoms with van der Waals surface area (Å²) in [7, 11) is 0. The summed E-state index contributed by atoms with van der Waals surface area (Å²) in [5, 5.41) is 10.1. The van der Waals surface area contributed by atoms with Gasteiger partial charge < -0.3 is 14.7 Å². The third-order valence-electron chi connectivity index (χ3n) is 4.93. The van der Waals surface area contributed by atoms with E-state index < -0.39 is 5.60 Å². The molecule has 0 aromatic heterocycles. The Bertz CT molecular complexity index is 768. The fourth-order valence-electron chi connectivity index (χ4n) is 3.17. The molecule has 138 valence electrons. The van der Waals surface area contributed by atoms with Crippen molar-refractivity contribution in [3.63, 3.8) is 0 Å². The van der Waals surface area contributed by atoms with E-state index in [2.05, 4.69) is 0 Å². The number of halogens is 1. The second-order valence-electron chi connectivity index (χ2n) is 7.29. The number of amides is 1. The summed E-state index contributed by atoms with van der Waals surface area (Å²) in [6, 6.07) is 13.4. The van der Waals surface area contributed by atoms with Crippen molar-refractivity contribution >= 4 is 5.91 Å². The molecular formula is C21H24FNO3. The number of benzene rings is 2. The summed E-state index contributed by atoms with van der Waals surface area (Å²) in [6.07, 6.45) is 0.805. The molecule has 1 saturated heterocycles. The Morgan fingerprint density at radius 2 is 1.92 bits per heavy atom. The topological polar surface area (TPSA) is 49.8 Å². The third kappa shape index (κ3) is 4.22. The molecule has 5 heteroatoms. The summed E-state index contributed by atoms with van der Waals surface area (Å²) in [6.45, 7) is 4.92. The lowest BCUT2D eigenvalue weighted by atomic mass is 9.90. The maximum absolute atomic E-state index is 13.6. The van der Waals surface area contributed by atoms with Crippen LogP contribution in [0.15, 0.2) is 48.5 Å². The lowest BCUT2D eigenvalue weighted by Gasteiger charge is -2.25. The summed E-state index contributed by atoms with van der Waals surface area (Å²) in [4.78, 5) is 14.4. The number of carbonyl (C=O) groups is 1. The Labute approximate surface area is 153 Å². The minimum atomic E-state index is -0.778. The number of carbonyl (C=O) groups excluding carboxylic acids is 1. The average molecular weight is 357 g/mol. The SMILES string of the molecule is CC(C)(O)[C@@H]1CCN(C(=O)c2ccc(OCc3ccccc3F)cc2)C1. The monoisotopic (exact) mass is 357 g/mol. The van der Waals surface area contributed by atoms with Crippen molar-refractivity contribution < 1.29 is 19.0 Å². The quantitative estimate of drug-likeness (QED) is 0.889. The molecule has 2 aromatic rings. The summed E-state index contributed by atoms with van der Waals surface area (Å²) < 4.78 is 19.2. The first-order valence-corrected chi connectivity index (χ1v) is 8.82. The highest BCUT2D eigenvalue weighted by Gasteiger charge is 2.35. The zero-order valence-corrected chi connectivity index (χ0v) is 15.1. The zero-order valence-electron chi connectivity index (χ0n) is 15.1. The van der Waals surface area contributed by atoms with Crippen molar-refractivity contribution in [3.05, 3.63) is 65.5 Å². The maximum Gasteiger partial charge on any atom is 0.253 e. The van der Waals surface area contributed by atoms with Crippen molar-refractivity contribution in [3.8, 4) is 5.75 Å². The molecule has 1 aliphatic rings. The van der Waals surface area contributed by atoms with Crippen molar-refractivity contribution in [2.45, 2.75) is 32.5 Å². The van der Waals surface area contributed by atoms with E-state index in [1.54, 1.807) is 61.2 Å². The van der Waals surface area contributed by atoms with Crippen LogP contribution >= 0.6 is 0 Å². The Hall–Kier alpha value is -2.40. The molecule has 0 spiro atoms. The van der Waals surface area contributed by atoms with Gasteiger partial charge in [-0.25, -0.2) is 4.39 Å². The molecule has 1 amide bonds. The van der Waals surface area contributed by atoms with E-state index in [9.17, 15) is 14.3 Å². The summed E-state index contributed by atoms with van der Waals surface area (Å²) in [5.41, 5.74) is 0.293. The number of nitrogens with zero attached hydrogens (tertiary/aromatic N) is 1. The Morgan fingerprint density at radius 1 is 1.23 bits per heavy atom. The fourth-order valence-corrected chi connectivity index (χ4v) is 3.17. The molecule has 1 aliphatic heterocycles. The Morgan fingerprint density at radius 3 is 2.54 bits per heavy atom. The predicted octanol–water partition coefficient (Wildman–Crippen LogP) is 3.64. The minimum absolute atomic E-state index is 0.0441. The third-order valence-corrected chi connectivity index (χ3v) is 4.93. The molecule has 1 fully saturated rings. The van der Waals surface area contributed by atoms with E-state index in [0.717, 1.165) is 6.42 Å². The van der Waals surface area contributed by atoms with Crippen LogP contribution in [0.2, 0.25) is 0 Å². The van der Waals surface area contributed by atoms with Gasteiger partial charge in [0, 0.05) is 30.1 Å². The maximum atomic E-state index is 13.6. The largest absolute Gasteiger partial charge is 0.489 e. The first-order valence-electron chi connectivity index (χ1n) is 8.82. The molecule has 2 aromatic carbocycles. The van der Waals surface area contributed by atoms with Crippen LogP contribution in [0.1, 0.15) is 36.2 Å². The number of hydrogen-bond donors (Lipinski definition) is 1. The molecule has 0 unspecified atom stereocenters. The van der Waals surface area contributed by atoms with Crippen molar-refractivity contribution in [2.24, 2.45) is 5.92 Å². The number of aliphatic hydroxyl groups is 1. The lowest BCUT2D eigenvalue weighted by molar-refractivity contribution is 0.0211. The predicted molar refractivity (Wildman–Crippen MR) is 97.5 cm³/mol. The Balaban J connectivity index is 1.59. The molecule has 0 saturated carbocycles. The summed E-state index contributed by atoms with van der Waals surface area (Å²) >= 11 is 0. The number of ether oxygens (including phenoxy) is 1. The van der Waals surface area contributed by atoms with E-state index >= 15 is 0 Å². The van der Waals surface area contributed by atoms with Crippen LogP contribution in [0, 0.1) is 11.7 Å². The molecule has 0 bridgehead atoms. The van der Waals surface area contributed by atoms with Gasteiger partial charge in [0.25, 0.3) is 5.91 Å². The van der Waals surface area contributed by atoms with Gasteiger partial charge in [-0.05, 0) is 50.6 Å². The molecule has 1 heterocycles. The first kappa shape index (κ1) is 18.4. The van der Waals surface area contributed by atoms with Crippen LogP contribution in [0.3, 0.4) is 0 Å². The van der Waals surface area contributed by atoms with Crippen molar-refractivity contribution in [1.82, 2.24) is 4.90 Å². The van der Waals surface area contributed by atoms with Gasteiger partial charge in [0.1, 0.15) is 18.2 Å². The van der Waals surface area contributed by atoms with Gasteiger partial charge >= 0.3 is 0 Å². The van der Waals surface area contributed by atoms with E-state index in [1.807, 2.05) is 0 Å². The van der Waals surface area contributed by atoms with E-state index in [1.165, 1.54) is 6.07 Å². The first-order chi connectivity index (χ1) is 12.3. The van der Waals surface area contributed by atoms with Crippen LogP contribution in [0.5, 0.6) is 5.75 Å². The van der Waals surface area contributed by atoms with Crippen molar-refractivity contribution in [2.75, 3.05) is 13.1 Å². The highest BCUT2D eigenvalue weighted by atomic mass is 19.1. The van der Waals surface area contributed by atoms with Crippen LogP contribution in [-0.4, -0.2) is 34.6 Å². The molecular weight excluding hydrogens is 333 g/mol. The number of likely N-dealkylation sites (tertiary alicyclic amines) is 1. The van der Waals surface area contributed by atoms with Crippen LogP contribution < -0.4 is 4.74 Å². The van der Waals surface area contributed by atoms with Gasteiger partial charge in [-0.3, -0.25) is 4.79 Å². The average Bonchev–Trinajstić information content (AvgIpc) is 3.11. The fraction of sp³-hybridized carbons (Fsp3) is 0.381. The van der Waals surface area contributed by atoms with Gasteiger partial charge in [0.05, 0.1) is 5.60 Å². The lowest BCUT2D eigenvalue weighted by Crippen LogP contribution is -2.35. The summed E-state index contributed by atoms with van der Waals surface area (Å²) in [5.74, 6) is 0.336. The molecule has 26 heavy (non-hydrogen) atoms. The zero-order chi connectivity index (χ0) is 18.7. The highest BCUT2D eigenvalue weighted by molar-refractivity contribution is 5.94. The second kappa shape index (κ2) is 7.46. The van der Waals surface area contributed by atoms with Crippen molar-refractivity contribution in [1.29, 1.82) is 0 Å². The molecule has 3 rings (SSSR count). The van der Waals surface area contributed by atoms with Gasteiger partial charge in [0.15, 0.2) is 0 Å².